The number of pyridine rings is 2. The highest BCUT2D eigenvalue weighted by atomic mass is 15.4. The molecule has 0 saturated heterocycles. The summed E-state index contributed by atoms with van der Waals surface area (Å²) < 4.78 is 0. The number of hydrogen-bond acceptors (Lipinski definition) is 5. The normalized spacial score (nSPS) is 13.1. The Morgan fingerprint density at radius 2 is 1.55 bits per heavy atom. The number of rotatable bonds is 4. The summed E-state index contributed by atoms with van der Waals surface area (Å²) in [4.78, 5) is 8.05. The van der Waals surface area contributed by atoms with E-state index in [1.54, 1.807) is 24.8 Å². The highest BCUT2D eigenvalue weighted by Crippen LogP contribution is 1.99. The molecule has 0 aliphatic rings. The van der Waals surface area contributed by atoms with Gasteiger partial charge in [-0.3, -0.25) is 9.97 Å². The Balaban J connectivity index is 2.01. The van der Waals surface area contributed by atoms with E-state index in [0.29, 0.717) is 5.71 Å². The molecule has 3 N–H and O–H groups in total. The van der Waals surface area contributed by atoms with E-state index < -0.39 is 0 Å². The third kappa shape index (κ3) is 4.48. The summed E-state index contributed by atoms with van der Waals surface area (Å²) in [5.74, 6) is 0.103. The van der Waals surface area contributed by atoms with E-state index in [-0.39, 0.29) is 5.96 Å². The van der Waals surface area contributed by atoms with Crippen molar-refractivity contribution in [3.63, 3.8) is 0 Å². The van der Waals surface area contributed by atoms with Gasteiger partial charge < -0.3 is 5.73 Å². The van der Waals surface area contributed by atoms with Crippen molar-refractivity contribution in [3.8, 4) is 0 Å². The molecule has 2 aromatic rings. The van der Waals surface area contributed by atoms with Gasteiger partial charge >= 0.3 is 0 Å². The summed E-state index contributed by atoms with van der Waals surface area (Å²) in [6, 6.07) is 7.48. The maximum absolute atomic E-state index is 5.72. The highest BCUT2D eigenvalue weighted by molar-refractivity contribution is 5.99. The first-order valence-electron chi connectivity index (χ1n) is 6.65. The molecule has 2 heterocycles. The van der Waals surface area contributed by atoms with Gasteiger partial charge in [-0.1, -0.05) is 12.1 Å². The number of hydrazone groups is 1. The molecule has 2 rings (SSSR count). The zero-order valence-electron chi connectivity index (χ0n) is 12.4. The molecule has 0 spiro atoms. The number of nitrogens with zero attached hydrogens (tertiary/aromatic N) is 5. The quantitative estimate of drug-likeness (QED) is 0.507. The molecule has 0 bridgehead atoms. The van der Waals surface area contributed by atoms with Gasteiger partial charge in [0.25, 0.3) is 0 Å². The van der Waals surface area contributed by atoms with Crippen LogP contribution < -0.4 is 11.2 Å². The minimum Gasteiger partial charge on any atom is -0.367 e. The lowest BCUT2D eigenvalue weighted by atomic mass is 10.2. The standard InChI is InChI=1S/C15H17N7/c1-11(13-5-3-7-17-9-13)19-21-15(16)22-20-12(2)14-6-4-8-18-10-14/h3-10H,1-2H3,(H3,16,21,22)/b19-11-,20-12-. The number of nitrogens with two attached hydrogens (primary N) is 1. The van der Waals surface area contributed by atoms with Crippen LogP contribution >= 0.6 is 0 Å². The van der Waals surface area contributed by atoms with Crippen LogP contribution in [0.1, 0.15) is 25.0 Å². The lowest BCUT2D eigenvalue weighted by Crippen LogP contribution is -2.27. The van der Waals surface area contributed by atoms with Crippen LogP contribution in [0.15, 0.2) is 64.4 Å². The summed E-state index contributed by atoms with van der Waals surface area (Å²) >= 11 is 0. The van der Waals surface area contributed by atoms with Gasteiger partial charge in [-0.15, -0.1) is 5.10 Å². The molecule has 0 aromatic carbocycles. The fourth-order valence-electron chi connectivity index (χ4n) is 1.57. The Hall–Kier alpha value is -3.09. The first kappa shape index (κ1) is 15.3. The summed E-state index contributed by atoms with van der Waals surface area (Å²) in [6.07, 6.45) is 6.84. The molecule has 0 radical (unpaired) electrons. The Labute approximate surface area is 128 Å². The van der Waals surface area contributed by atoms with Crippen molar-refractivity contribution in [2.75, 3.05) is 0 Å². The van der Waals surface area contributed by atoms with Crippen molar-refractivity contribution in [1.82, 2.24) is 15.4 Å². The number of hydrogen-bond donors (Lipinski definition) is 2. The monoisotopic (exact) mass is 295 g/mol. The third-order valence-electron chi connectivity index (χ3n) is 2.80. The Morgan fingerprint density at radius 1 is 0.955 bits per heavy atom. The molecule has 0 aliphatic carbocycles. The average molecular weight is 295 g/mol. The van der Waals surface area contributed by atoms with E-state index in [1.807, 2.05) is 38.1 Å². The van der Waals surface area contributed by atoms with E-state index in [1.165, 1.54) is 0 Å². The lowest BCUT2D eigenvalue weighted by Gasteiger charge is -2.01. The largest absolute Gasteiger partial charge is 0.367 e. The molecular weight excluding hydrogens is 278 g/mol. The molecule has 0 saturated carbocycles. The number of aromatic nitrogens is 2. The summed E-state index contributed by atoms with van der Waals surface area (Å²) in [5.41, 5.74) is 11.6. The van der Waals surface area contributed by atoms with Gasteiger partial charge in [0.2, 0.25) is 5.96 Å². The number of guanidine groups is 1. The second-order valence-corrected chi connectivity index (χ2v) is 4.46. The zero-order valence-corrected chi connectivity index (χ0v) is 12.4. The second kappa shape index (κ2) is 7.63. The van der Waals surface area contributed by atoms with Gasteiger partial charge in [-0.2, -0.15) is 10.2 Å². The van der Waals surface area contributed by atoms with Crippen LogP contribution in [-0.4, -0.2) is 27.4 Å². The van der Waals surface area contributed by atoms with Crippen molar-refractivity contribution in [1.29, 1.82) is 0 Å². The van der Waals surface area contributed by atoms with E-state index >= 15 is 0 Å². The number of nitrogens with one attached hydrogen (secondary N) is 1. The molecule has 0 amide bonds. The first-order valence-corrected chi connectivity index (χ1v) is 6.65. The maximum atomic E-state index is 5.72. The van der Waals surface area contributed by atoms with Crippen molar-refractivity contribution in [2.45, 2.75) is 13.8 Å². The molecule has 7 nitrogen and oxygen atoms in total. The predicted octanol–water partition coefficient (Wildman–Crippen LogP) is 1.53. The second-order valence-electron chi connectivity index (χ2n) is 4.46. The maximum Gasteiger partial charge on any atom is 0.234 e. The molecule has 0 atom stereocenters. The first-order chi connectivity index (χ1) is 10.7. The molecule has 0 aliphatic heterocycles. The molecule has 22 heavy (non-hydrogen) atoms. The van der Waals surface area contributed by atoms with Gasteiger partial charge in [0.1, 0.15) is 0 Å². The minimum atomic E-state index is 0.103. The van der Waals surface area contributed by atoms with Crippen molar-refractivity contribution in [2.24, 2.45) is 21.0 Å². The molecule has 0 fully saturated rings. The van der Waals surface area contributed by atoms with Crippen LogP contribution in [-0.2, 0) is 0 Å². The van der Waals surface area contributed by atoms with Crippen LogP contribution in [0.4, 0.5) is 0 Å². The predicted molar refractivity (Wildman–Crippen MR) is 87.7 cm³/mol. The van der Waals surface area contributed by atoms with Crippen LogP contribution in [0, 0.1) is 0 Å². The van der Waals surface area contributed by atoms with E-state index in [4.69, 9.17) is 5.73 Å². The SMILES string of the molecule is C/C(=N/N=C(N)N/N=C(/C)c1cccnc1)c1cccnc1. The van der Waals surface area contributed by atoms with Gasteiger partial charge in [0, 0.05) is 35.9 Å². The van der Waals surface area contributed by atoms with Crippen molar-refractivity contribution in [3.05, 3.63) is 60.2 Å². The summed E-state index contributed by atoms with van der Waals surface area (Å²) in [6.45, 7) is 3.68. The van der Waals surface area contributed by atoms with Crippen molar-refractivity contribution >= 4 is 17.4 Å². The molecule has 7 heteroatoms. The molecular formula is C15H17N7. The van der Waals surface area contributed by atoms with Crippen LogP contribution in [0.2, 0.25) is 0 Å². The van der Waals surface area contributed by atoms with Crippen LogP contribution in [0.5, 0.6) is 0 Å². The molecule has 0 unspecified atom stereocenters. The Bertz CT molecular complexity index is 690. The fourth-order valence-corrected chi connectivity index (χ4v) is 1.57. The smallest absolute Gasteiger partial charge is 0.234 e. The van der Waals surface area contributed by atoms with E-state index in [9.17, 15) is 0 Å². The average Bonchev–Trinajstić information content (AvgIpc) is 2.59. The Morgan fingerprint density at radius 3 is 2.09 bits per heavy atom. The Kier molecular flexibility index (Phi) is 5.31. The molecule has 112 valence electrons. The van der Waals surface area contributed by atoms with Crippen LogP contribution in [0.25, 0.3) is 0 Å². The molecule has 2 aromatic heterocycles. The lowest BCUT2D eigenvalue weighted by molar-refractivity contribution is 0.982. The zero-order chi connectivity index (χ0) is 15.8. The van der Waals surface area contributed by atoms with E-state index in [0.717, 1.165) is 16.8 Å². The van der Waals surface area contributed by atoms with Crippen molar-refractivity contribution < 1.29 is 0 Å². The van der Waals surface area contributed by atoms with Gasteiger partial charge in [0.05, 0.1) is 11.4 Å². The summed E-state index contributed by atoms with van der Waals surface area (Å²) in [7, 11) is 0. The summed E-state index contributed by atoms with van der Waals surface area (Å²) in [5, 5.41) is 12.1. The fraction of sp³-hybridized carbons (Fsp3) is 0.133. The topological polar surface area (TPSA) is 101 Å². The minimum absolute atomic E-state index is 0.103. The van der Waals surface area contributed by atoms with Crippen LogP contribution in [0.3, 0.4) is 0 Å². The third-order valence-corrected chi connectivity index (χ3v) is 2.80. The van der Waals surface area contributed by atoms with Gasteiger partial charge in [0.15, 0.2) is 0 Å². The highest BCUT2D eigenvalue weighted by Gasteiger charge is 1.98. The van der Waals surface area contributed by atoms with Gasteiger partial charge in [-0.25, -0.2) is 5.43 Å². The van der Waals surface area contributed by atoms with Gasteiger partial charge in [-0.05, 0) is 26.0 Å². The van der Waals surface area contributed by atoms with E-state index in [2.05, 4.69) is 30.7 Å².